The number of nitrogen functional groups attached to an aromatic ring is 1. The molecule has 0 aliphatic heterocycles. The first kappa shape index (κ1) is 12.5. The normalized spacial score (nSPS) is 16.7. The molecule has 0 spiro atoms. The van der Waals surface area contributed by atoms with Crippen LogP contribution in [0.5, 0.6) is 0 Å². The Bertz CT molecular complexity index is 558. The van der Waals surface area contributed by atoms with Gasteiger partial charge in [0.2, 0.25) is 5.89 Å². The smallest absolute Gasteiger partial charge is 0.209 e. The lowest BCUT2D eigenvalue weighted by Crippen LogP contribution is -2.24. The molecular formula is C15H21N3O. The Morgan fingerprint density at radius 3 is 2.95 bits per heavy atom. The van der Waals surface area contributed by atoms with Crippen LogP contribution < -0.4 is 5.73 Å². The molecule has 1 aromatic heterocycles. The Kier molecular flexibility index (Phi) is 3.42. The van der Waals surface area contributed by atoms with E-state index < -0.39 is 0 Å². The van der Waals surface area contributed by atoms with Gasteiger partial charge in [0.1, 0.15) is 5.52 Å². The maximum atomic E-state index is 5.75. The van der Waals surface area contributed by atoms with E-state index in [9.17, 15) is 0 Å². The van der Waals surface area contributed by atoms with E-state index in [1.165, 1.54) is 25.7 Å². The topological polar surface area (TPSA) is 55.3 Å². The van der Waals surface area contributed by atoms with Gasteiger partial charge < -0.3 is 10.2 Å². The number of hydrogen-bond donors (Lipinski definition) is 1. The fourth-order valence-electron chi connectivity index (χ4n) is 2.99. The molecule has 1 saturated carbocycles. The third-order valence-corrected chi connectivity index (χ3v) is 3.91. The standard InChI is InChI=1S/C15H21N3O/c1-18(9-11-4-2-3-5-11)10-15-17-13-8-12(16)6-7-14(13)19-15/h6-8,11H,2-5,9-10,16H2,1H3. The first-order valence-corrected chi connectivity index (χ1v) is 7.04. The van der Waals surface area contributed by atoms with Crippen LogP contribution in [0.4, 0.5) is 5.69 Å². The van der Waals surface area contributed by atoms with Crippen molar-refractivity contribution in [2.75, 3.05) is 19.3 Å². The molecule has 102 valence electrons. The minimum atomic E-state index is 0.728. The molecule has 0 bridgehead atoms. The molecule has 4 nitrogen and oxygen atoms in total. The SMILES string of the molecule is CN(Cc1nc2cc(N)ccc2o1)CC1CCCC1. The maximum Gasteiger partial charge on any atom is 0.209 e. The lowest BCUT2D eigenvalue weighted by atomic mass is 10.1. The number of benzene rings is 1. The zero-order valence-corrected chi connectivity index (χ0v) is 11.4. The lowest BCUT2D eigenvalue weighted by molar-refractivity contribution is 0.249. The molecule has 1 aromatic carbocycles. The summed E-state index contributed by atoms with van der Waals surface area (Å²) in [6, 6.07) is 5.59. The molecule has 19 heavy (non-hydrogen) atoms. The molecule has 0 radical (unpaired) electrons. The molecule has 0 saturated heterocycles. The highest BCUT2D eigenvalue weighted by atomic mass is 16.3. The van der Waals surface area contributed by atoms with Gasteiger partial charge in [0, 0.05) is 12.2 Å². The van der Waals surface area contributed by atoms with Crippen molar-refractivity contribution in [3.05, 3.63) is 24.1 Å². The Balaban J connectivity index is 1.66. The average molecular weight is 259 g/mol. The second-order valence-corrected chi connectivity index (χ2v) is 5.68. The van der Waals surface area contributed by atoms with Crippen LogP contribution in [-0.2, 0) is 6.54 Å². The molecule has 1 aliphatic rings. The third kappa shape index (κ3) is 2.89. The van der Waals surface area contributed by atoms with Gasteiger partial charge in [-0.3, -0.25) is 4.90 Å². The van der Waals surface area contributed by atoms with E-state index in [1.54, 1.807) is 0 Å². The van der Waals surface area contributed by atoms with Gasteiger partial charge in [0.25, 0.3) is 0 Å². The number of nitrogens with zero attached hydrogens (tertiary/aromatic N) is 2. The van der Waals surface area contributed by atoms with Gasteiger partial charge in [-0.05, 0) is 44.0 Å². The number of aromatic nitrogens is 1. The molecular weight excluding hydrogens is 238 g/mol. The highest BCUT2D eigenvalue weighted by Crippen LogP contribution is 2.26. The van der Waals surface area contributed by atoms with Gasteiger partial charge in [0.15, 0.2) is 5.58 Å². The molecule has 0 atom stereocenters. The minimum Gasteiger partial charge on any atom is -0.439 e. The highest BCUT2D eigenvalue weighted by molar-refractivity contribution is 5.76. The zero-order valence-electron chi connectivity index (χ0n) is 11.4. The molecule has 1 fully saturated rings. The zero-order chi connectivity index (χ0) is 13.2. The second-order valence-electron chi connectivity index (χ2n) is 5.68. The van der Waals surface area contributed by atoms with Crippen LogP contribution in [0.1, 0.15) is 31.6 Å². The summed E-state index contributed by atoms with van der Waals surface area (Å²) in [4.78, 5) is 6.81. The Labute approximate surface area is 113 Å². The second kappa shape index (κ2) is 5.21. The number of oxazole rings is 1. The van der Waals surface area contributed by atoms with Gasteiger partial charge in [-0.2, -0.15) is 0 Å². The average Bonchev–Trinajstić information content (AvgIpc) is 2.97. The van der Waals surface area contributed by atoms with Crippen LogP contribution in [0, 0.1) is 5.92 Å². The van der Waals surface area contributed by atoms with Crippen LogP contribution in [-0.4, -0.2) is 23.5 Å². The molecule has 4 heteroatoms. The molecule has 3 rings (SSSR count). The fraction of sp³-hybridized carbons (Fsp3) is 0.533. The highest BCUT2D eigenvalue weighted by Gasteiger charge is 2.18. The van der Waals surface area contributed by atoms with Gasteiger partial charge in [-0.25, -0.2) is 4.98 Å². The Morgan fingerprint density at radius 2 is 2.16 bits per heavy atom. The van der Waals surface area contributed by atoms with Gasteiger partial charge in [-0.1, -0.05) is 12.8 Å². The van der Waals surface area contributed by atoms with Crippen molar-refractivity contribution in [2.45, 2.75) is 32.2 Å². The number of rotatable bonds is 4. The van der Waals surface area contributed by atoms with Crippen molar-refractivity contribution in [1.82, 2.24) is 9.88 Å². The molecule has 0 amide bonds. The Morgan fingerprint density at radius 1 is 1.37 bits per heavy atom. The summed E-state index contributed by atoms with van der Waals surface area (Å²) < 4.78 is 5.75. The molecule has 2 aromatic rings. The molecule has 1 heterocycles. The van der Waals surface area contributed by atoms with E-state index in [1.807, 2.05) is 18.2 Å². The predicted molar refractivity (Wildman–Crippen MR) is 76.7 cm³/mol. The van der Waals surface area contributed by atoms with Crippen molar-refractivity contribution in [2.24, 2.45) is 5.92 Å². The van der Waals surface area contributed by atoms with Crippen molar-refractivity contribution in [3.63, 3.8) is 0 Å². The first-order valence-electron chi connectivity index (χ1n) is 7.04. The fourth-order valence-corrected chi connectivity index (χ4v) is 2.99. The summed E-state index contributed by atoms with van der Waals surface area (Å²) in [7, 11) is 2.14. The van der Waals surface area contributed by atoms with Gasteiger partial charge in [-0.15, -0.1) is 0 Å². The number of fused-ring (bicyclic) bond motifs is 1. The summed E-state index contributed by atoms with van der Waals surface area (Å²) in [6.45, 7) is 1.91. The van der Waals surface area contributed by atoms with E-state index in [-0.39, 0.29) is 0 Å². The van der Waals surface area contributed by atoms with E-state index in [4.69, 9.17) is 10.2 Å². The Hall–Kier alpha value is -1.55. The maximum absolute atomic E-state index is 5.75. The van der Waals surface area contributed by atoms with Crippen LogP contribution in [0.2, 0.25) is 0 Å². The van der Waals surface area contributed by atoms with Gasteiger partial charge >= 0.3 is 0 Å². The van der Waals surface area contributed by atoms with Crippen molar-refractivity contribution in [1.29, 1.82) is 0 Å². The summed E-state index contributed by atoms with van der Waals surface area (Å²) >= 11 is 0. The predicted octanol–water partition coefficient (Wildman–Crippen LogP) is 3.03. The van der Waals surface area contributed by atoms with E-state index in [0.717, 1.165) is 41.7 Å². The molecule has 0 unspecified atom stereocenters. The van der Waals surface area contributed by atoms with E-state index >= 15 is 0 Å². The third-order valence-electron chi connectivity index (χ3n) is 3.91. The van der Waals surface area contributed by atoms with Crippen molar-refractivity contribution in [3.8, 4) is 0 Å². The van der Waals surface area contributed by atoms with Crippen molar-refractivity contribution >= 4 is 16.8 Å². The van der Waals surface area contributed by atoms with E-state index in [0.29, 0.717) is 0 Å². The van der Waals surface area contributed by atoms with Crippen LogP contribution in [0.25, 0.3) is 11.1 Å². The number of nitrogens with two attached hydrogens (primary N) is 1. The van der Waals surface area contributed by atoms with Gasteiger partial charge in [0.05, 0.1) is 6.54 Å². The minimum absolute atomic E-state index is 0.728. The number of hydrogen-bond acceptors (Lipinski definition) is 4. The largest absolute Gasteiger partial charge is 0.439 e. The quantitative estimate of drug-likeness (QED) is 0.857. The monoisotopic (exact) mass is 259 g/mol. The first-order chi connectivity index (χ1) is 9.20. The summed E-state index contributed by atoms with van der Waals surface area (Å²) in [5.41, 5.74) is 8.15. The number of anilines is 1. The molecule has 2 N–H and O–H groups in total. The lowest BCUT2D eigenvalue weighted by Gasteiger charge is -2.18. The summed E-state index contributed by atoms with van der Waals surface area (Å²) in [5, 5.41) is 0. The summed E-state index contributed by atoms with van der Waals surface area (Å²) in [5.74, 6) is 1.63. The van der Waals surface area contributed by atoms with Crippen LogP contribution >= 0.6 is 0 Å². The summed E-state index contributed by atoms with van der Waals surface area (Å²) in [6.07, 6.45) is 5.52. The molecule has 1 aliphatic carbocycles. The van der Waals surface area contributed by atoms with E-state index in [2.05, 4.69) is 16.9 Å². The van der Waals surface area contributed by atoms with Crippen LogP contribution in [0.3, 0.4) is 0 Å². The van der Waals surface area contributed by atoms with Crippen molar-refractivity contribution < 1.29 is 4.42 Å². The van der Waals surface area contributed by atoms with Crippen LogP contribution in [0.15, 0.2) is 22.6 Å².